The van der Waals surface area contributed by atoms with Crippen LogP contribution < -0.4 is 4.74 Å². The predicted octanol–water partition coefficient (Wildman–Crippen LogP) is 3.70. The molecule has 0 spiro atoms. The number of benzene rings is 1. The molecule has 2 aromatic heterocycles. The number of ether oxygens (including phenoxy) is 1. The van der Waals surface area contributed by atoms with E-state index in [9.17, 15) is 0 Å². The van der Waals surface area contributed by atoms with Crippen LogP contribution >= 0.6 is 15.9 Å². The van der Waals surface area contributed by atoms with Crippen LogP contribution in [0.15, 0.2) is 53.3 Å². The molecule has 0 aliphatic heterocycles. The normalized spacial score (nSPS) is 10.8. The molecule has 0 N–H and O–H groups in total. The first kappa shape index (κ1) is 12.2. The molecule has 0 bridgehead atoms. The topological polar surface area (TPSA) is 26.5 Å². The first-order chi connectivity index (χ1) is 9.24. The minimum absolute atomic E-state index is 0.823. The SMILES string of the molecule is COc1ccc2nc(Cc3cccc(Br)c3)cn2c1. The molecule has 96 valence electrons. The van der Waals surface area contributed by atoms with Crippen LogP contribution in [-0.2, 0) is 6.42 Å². The van der Waals surface area contributed by atoms with Crippen molar-refractivity contribution in [2.75, 3.05) is 7.11 Å². The number of halogens is 1. The summed E-state index contributed by atoms with van der Waals surface area (Å²) in [7, 11) is 1.67. The van der Waals surface area contributed by atoms with Gasteiger partial charge in [-0.15, -0.1) is 0 Å². The van der Waals surface area contributed by atoms with E-state index in [0.717, 1.165) is 28.0 Å². The molecule has 0 fully saturated rings. The number of aromatic nitrogens is 2. The Morgan fingerprint density at radius 3 is 2.89 bits per heavy atom. The van der Waals surface area contributed by atoms with Crippen molar-refractivity contribution in [1.29, 1.82) is 0 Å². The second-order valence-electron chi connectivity index (χ2n) is 4.37. The number of imidazole rings is 1. The number of pyridine rings is 1. The van der Waals surface area contributed by atoms with Crippen molar-refractivity contribution >= 4 is 21.6 Å². The summed E-state index contributed by atoms with van der Waals surface area (Å²) < 4.78 is 8.30. The lowest BCUT2D eigenvalue weighted by molar-refractivity contribution is 0.412. The average Bonchev–Trinajstić information content (AvgIpc) is 2.79. The molecule has 0 radical (unpaired) electrons. The average molecular weight is 317 g/mol. The maximum atomic E-state index is 5.21. The molecule has 0 saturated carbocycles. The Kier molecular flexibility index (Phi) is 3.25. The lowest BCUT2D eigenvalue weighted by Gasteiger charge is -1.98. The zero-order valence-electron chi connectivity index (χ0n) is 10.5. The van der Waals surface area contributed by atoms with Gasteiger partial charge in [0.25, 0.3) is 0 Å². The monoisotopic (exact) mass is 316 g/mol. The van der Waals surface area contributed by atoms with Crippen LogP contribution in [0.4, 0.5) is 0 Å². The number of rotatable bonds is 3. The predicted molar refractivity (Wildman–Crippen MR) is 78.7 cm³/mol. The van der Waals surface area contributed by atoms with E-state index < -0.39 is 0 Å². The minimum Gasteiger partial charge on any atom is -0.495 e. The zero-order valence-corrected chi connectivity index (χ0v) is 12.1. The van der Waals surface area contributed by atoms with Gasteiger partial charge in [0.1, 0.15) is 11.4 Å². The van der Waals surface area contributed by atoms with Gasteiger partial charge in [-0.2, -0.15) is 0 Å². The molecule has 0 atom stereocenters. The van der Waals surface area contributed by atoms with Gasteiger partial charge >= 0.3 is 0 Å². The summed E-state index contributed by atoms with van der Waals surface area (Å²) in [5.41, 5.74) is 3.22. The molecule has 19 heavy (non-hydrogen) atoms. The minimum atomic E-state index is 0.823. The van der Waals surface area contributed by atoms with E-state index in [0.29, 0.717) is 0 Å². The summed E-state index contributed by atoms with van der Waals surface area (Å²) in [4.78, 5) is 4.61. The Hall–Kier alpha value is -1.81. The summed E-state index contributed by atoms with van der Waals surface area (Å²) in [5.74, 6) is 0.832. The van der Waals surface area contributed by atoms with Gasteiger partial charge in [0, 0.05) is 17.1 Å². The maximum absolute atomic E-state index is 5.21. The van der Waals surface area contributed by atoms with Gasteiger partial charge in [0.15, 0.2) is 0 Å². The number of hydrogen-bond acceptors (Lipinski definition) is 2. The molecule has 0 saturated heterocycles. The highest BCUT2D eigenvalue weighted by Crippen LogP contribution is 2.17. The van der Waals surface area contributed by atoms with Gasteiger partial charge in [-0.3, -0.25) is 0 Å². The second kappa shape index (κ2) is 5.05. The third-order valence-electron chi connectivity index (χ3n) is 2.98. The molecule has 2 heterocycles. The van der Waals surface area contributed by atoms with E-state index in [4.69, 9.17) is 4.74 Å². The lowest BCUT2D eigenvalue weighted by Crippen LogP contribution is -1.87. The fourth-order valence-corrected chi connectivity index (χ4v) is 2.53. The van der Waals surface area contributed by atoms with E-state index in [-0.39, 0.29) is 0 Å². The highest BCUT2D eigenvalue weighted by atomic mass is 79.9. The molecule has 3 nitrogen and oxygen atoms in total. The molecule has 0 amide bonds. The van der Waals surface area contributed by atoms with Crippen LogP contribution in [0.3, 0.4) is 0 Å². The first-order valence-electron chi connectivity index (χ1n) is 6.01. The Bertz CT molecular complexity index is 721. The lowest BCUT2D eigenvalue weighted by atomic mass is 10.1. The van der Waals surface area contributed by atoms with Crippen LogP contribution in [0.5, 0.6) is 5.75 Å². The van der Waals surface area contributed by atoms with Crippen LogP contribution in [0.2, 0.25) is 0 Å². The highest BCUT2D eigenvalue weighted by Gasteiger charge is 2.04. The smallest absolute Gasteiger partial charge is 0.137 e. The molecule has 0 aliphatic carbocycles. The summed E-state index contributed by atoms with van der Waals surface area (Å²) in [6, 6.07) is 12.2. The van der Waals surface area contributed by atoms with Gasteiger partial charge in [-0.05, 0) is 29.8 Å². The molecule has 0 unspecified atom stereocenters. The summed E-state index contributed by atoms with van der Waals surface area (Å²) in [6.07, 6.45) is 4.80. The maximum Gasteiger partial charge on any atom is 0.137 e. The fourth-order valence-electron chi connectivity index (χ4n) is 2.09. The fraction of sp³-hybridized carbons (Fsp3) is 0.133. The Morgan fingerprint density at radius 1 is 1.21 bits per heavy atom. The van der Waals surface area contributed by atoms with Gasteiger partial charge in [-0.1, -0.05) is 28.1 Å². The van der Waals surface area contributed by atoms with Gasteiger partial charge in [0.05, 0.1) is 19.0 Å². The van der Waals surface area contributed by atoms with E-state index in [1.54, 1.807) is 7.11 Å². The Labute approximate surface area is 120 Å². The molecule has 3 rings (SSSR count). The van der Waals surface area contributed by atoms with Crippen molar-refractivity contribution in [1.82, 2.24) is 9.38 Å². The van der Waals surface area contributed by atoms with Crippen LogP contribution in [-0.4, -0.2) is 16.5 Å². The second-order valence-corrected chi connectivity index (χ2v) is 5.29. The highest BCUT2D eigenvalue weighted by molar-refractivity contribution is 9.10. The number of fused-ring (bicyclic) bond motifs is 1. The van der Waals surface area contributed by atoms with Gasteiger partial charge in [-0.25, -0.2) is 4.98 Å². The molecule has 3 aromatic rings. The Morgan fingerprint density at radius 2 is 2.11 bits per heavy atom. The zero-order chi connectivity index (χ0) is 13.2. The van der Waals surface area contributed by atoms with Crippen LogP contribution in [0.25, 0.3) is 5.65 Å². The van der Waals surface area contributed by atoms with E-state index >= 15 is 0 Å². The summed E-state index contributed by atoms with van der Waals surface area (Å²) >= 11 is 3.49. The van der Waals surface area contributed by atoms with Gasteiger partial charge in [0.2, 0.25) is 0 Å². The quantitative estimate of drug-likeness (QED) is 0.736. The van der Waals surface area contributed by atoms with Crippen LogP contribution in [0.1, 0.15) is 11.3 Å². The van der Waals surface area contributed by atoms with Crippen molar-refractivity contribution in [2.45, 2.75) is 6.42 Å². The largest absolute Gasteiger partial charge is 0.495 e. The van der Waals surface area contributed by atoms with Crippen molar-refractivity contribution in [3.63, 3.8) is 0 Å². The van der Waals surface area contributed by atoms with E-state index in [1.165, 1.54) is 5.56 Å². The summed E-state index contributed by atoms with van der Waals surface area (Å²) in [5, 5.41) is 0. The molecular formula is C15H13BrN2O. The standard InChI is InChI=1S/C15H13BrN2O/c1-19-14-5-6-15-17-13(9-18(15)10-14)8-11-3-2-4-12(16)7-11/h2-7,9-10H,8H2,1H3. The van der Waals surface area contributed by atoms with Crippen molar-refractivity contribution < 1.29 is 4.74 Å². The number of nitrogens with zero attached hydrogens (tertiary/aromatic N) is 2. The molecule has 1 aromatic carbocycles. The van der Waals surface area contributed by atoms with E-state index in [2.05, 4.69) is 33.0 Å². The molecule has 0 aliphatic rings. The third-order valence-corrected chi connectivity index (χ3v) is 3.48. The van der Waals surface area contributed by atoms with Gasteiger partial charge < -0.3 is 9.14 Å². The first-order valence-corrected chi connectivity index (χ1v) is 6.80. The van der Waals surface area contributed by atoms with Crippen molar-refractivity contribution in [2.24, 2.45) is 0 Å². The van der Waals surface area contributed by atoms with Crippen LogP contribution in [0, 0.1) is 0 Å². The molecule has 4 heteroatoms. The third kappa shape index (κ3) is 2.63. The van der Waals surface area contributed by atoms with Crippen molar-refractivity contribution in [3.8, 4) is 5.75 Å². The van der Waals surface area contributed by atoms with E-state index in [1.807, 2.05) is 41.1 Å². The Balaban J connectivity index is 1.93. The number of methoxy groups -OCH3 is 1. The summed E-state index contributed by atoms with van der Waals surface area (Å²) in [6.45, 7) is 0. The number of hydrogen-bond donors (Lipinski definition) is 0. The molecular weight excluding hydrogens is 304 g/mol. The van der Waals surface area contributed by atoms with Crippen molar-refractivity contribution in [3.05, 3.63) is 64.5 Å².